The van der Waals surface area contributed by atoms with Crippen LogP contribution in [-0.4, -0.2) is 57.4 Å². The van der Waals surface area contributed by atoms with E-state index in [-0.39, 0.29) is 35.7 Å². The molecule has 7 nitrogen and oxygen atoms in total. The second kappa shape index (κ2) is 15.3. The molecular weight excluding hydrogens is 422 g/mol. The van der Waals surface area contributed by atoms with Gasteiger partial charge in [-0.25, -0.2) is 0 Å². The number of carboxylic acids is 2. The van der Waals surface area contributed by atoms with Crippen molar-refractivity contribution in [2.24, 2.45) is 11.8 Å². The highest BCUT2D eigenvalue weighted by Crippen LogP contribution is 2.30. The first-order chi connectivity index (χ1) is 13.9. The number of carboxylic acid groups (broad SMARTS) is 2. The van der Waals surface area contributed by atoms with E-state index in [0.29, 0.717) is 0 Å². The number of benzene rings is 2. The number of phenolic OH excluding ortho intramolecular Hbond substituents is 2. The molecule has 0 amide bonds. The molecule has 0 radical (unpaired) electrons. The largest absolute Gasteiger partial charge is 0.504 e. The monoisotopic (exact) mass is 457 g/mol. The van der Waals surface area contributed by atoms with Gasteiger partial charge in [-0.05, 0) is 48.5 Å². The molecule has 0 atom stereocenters. The van der Waals surface area contributed by atoms with Crippen molar-refractivity contribution in [1.29, 1.82) is 0 Å². The van der Waals surface area contributed by atoms with Crippen molar-refractivity contribution < 1.29 is 30.0 Å². The van der Waals surface area contributed by atoms with E-state index < -0.39 is 11.9 Å². The lowest BCUT2D eigenvalue weighted by atomic mass is 10.0. The molecule has 0 bridgehead atoms. The molecule has 2 aromatic rings. The van der Waals surface area contributed by atoms with Gasteiger partial charge < -0.3 is 25.3 Å². The van der Waals surface area contributed by atoms with Crippen molar-refractivity contribution in [2.75, 3.05) is 20.1 Å². The summed E-state index contributed by atoms with van der Waals surface area (Å²) in [7, 11) is 2.10. The second-order valence-electron chi connectivity index (χ2n) is 7.65. The molecule has 0 aliphatic carbocycles. The average Bonchev–Trinajstić information content (AvgIpc) is 2.67. The molecule has 0 saturated carbocycles. The van der Waals surface area contributed by atoms with Gasteiger partial charge in [0.25, 0.3) is 0 Å². The summed E-state index contributed by atoms with van der Waals surface area (Å²) >= 11 is 0. The fourth-order valence-corrected chi connectivity index (χ4v) is 1.96. The van der Waals surface area contributed by atoms with Crippen LogP contribution in [0.2, 0.25) is 0 Å². The molecule has 0 aliphatic rings. The minimum Gasteiger partial charge on any atom is -0.504 e. The molecule has 8 heteroatoms. The summed E-state index contributed by atoms with van der Waals surface area (Å²) in [6, 6.07) is 9.32. The number of likely N-dealkylation sites (N-methyl/N-ethyl adjacent to an activating group) is 1. The number of aliphatic carboxylic acids is 2. The van der Waals surface area contributed by atoms with Gasteiger partial charge >= 0.3 is 11.9 Å². The molecule has 0 heterocycles. The van der Waals surface area contributed by atoms with Crippen LogP contribution in [0.5, 0.6) is 11.5 Å². The van der Waals surface area contributed by atoms with E-state index in [9.17, 15) is 19.8 Å². The van der Waals surface area contributed by atoms with E-state index in [1.165, 1.54) is 5.56 Å². The third kappa shape index (κ3) is 12.7. The smallest absolute Gasteiger partial charge is 0.305 e. The molecule has 2 aromatic carbocycles. The van der Waals surface area contributed by atoms with Crippen molar-refractivity contribution in [3.05, 3.63) is 35.9 Å². The van der Waals surface area contributed by atoms with Crippen LogP contribution in [0, 0.1) is 11.8 Å². The molecule has 4 N–H and O–H groups in total. The zero-order valence-corrected chi connectivity index (χ0v) is 19.9. The van der Waals surface area contributed by atoms with Gasteiger partial charge in [-0.1, -0.05) is 52.8 Å². The van der Waals surface area contributed by atoms with E-state index in [0.717, 1.165) is 30.3 Å². The number of halogens is 1. The maximum absolute atomic E-state index is 9.70. The first-order valence-corrected chi connectivity index (χ1v) is 9.97. The van der Waals surface area contributed by atoms with E-state index in [1.54, 1.807) is 39.8 Å². The molecule has 0 aliphatic heterocycles. The van der Waals surface area contributed by atoms with Crippen LogP contribution in [0.3, 0.4) is 0 Å². The number of nitrogens with zero attached hydrogens (tertiary/aromatic N) is 1. The van der Waals surface area contributed by atoms with Gasteiger partial charge in [0, 0.05) is 6.54 Å². The van der Waals surface area contributed by atoms with Gasteiger partial charge in [-0.15, -0.1) is 12.4 Å². The summed E-state index contributed by atoms with van der Waals surface area (Å²) < 4.78 is 0. The standard InChI is InChI=1S/C15H19NO2.2C4H8O2.ClH/c1-3-16(2)7-6-11-4-5-12-9-14(17)15(18)10-13(12)8-11;2*1-3(2)4(5)6;/h4-5,8-10,17-18H,3,6-7H2,1-2H3;2*3H,1-2H3,(H,5,6);1H. The Morgan fingerprint density at radius 2 is 1.29 bits per heavy atom. The lowest BCUT2D eigenvalue weighted by Crippen LogP contribution is -2.20. The molecule has 31 heavy (non-hydrogen) atoms. The van der Waals surface area contributed by atoms with Crippen LogP contribution in [0.25, 0.3) is 10.8 Å². The molecule has 0 spiro atoms. The number of carbonyl (C=O) groups is 2. The highest BCUT2D eigenvalue weighted by atomic mass is 35.5. The third-order valence-electron chi connectivity index (χ3n) is 4.31. The fraction of sp³-hybridized carbons (Fsp3) is 0.478. The molecule has 0 unspecified atom stereocenters. The van der Waals surface area contributed by atoms with E-state index in [4.69, 9.17) is 10.2 Å². The molecule has 0 aromatic heterocycles. The normalized spacial score (nSPS) is 10.1. The van der Waals surface area contributed by atoms with Crippen LogP contribution in [0.4, 0.5) is 0 Å². The van der Waals surface area contributed by atoms with Gasteiger partial charge in [-0.3, -0.25) is 9.59 Å². The minimum absolute atomic E-state index is 0. The third-order valence-corrected chi connectivity index (χ3v) is 4.31. The van der Waals surface area contributed by atoms with Gasteiger partial charge in [0.1, 0.15) is 0 Å². The minimum atomic E-state index is -0.741. The number of phenols is 2. The lowest BCUT2D eigenvalue weighted by Gasteiger charge is -2.13. The SMILES string of the molecule is CC(C)C(=O)O.CC(C)C(=O)O.CCN(C)CCc1ccc2cc(O)c(O)cc2c1.Cl. The zero-order valence-electron chi connectivity index (χ0n) is 19.1. The predicted octanol–water partition coefficient (Wildman–Crippen LogP) is 4.62. The molecule has 2 rings (SSSR count). The number of hydrogen-bond donors (Lipinski definition) is 4. The predicted molar refractivity (Wildman–Crippen MR) is 126 cm³/mol. The van der Waals surface area contributed by atoms with E-state index >= 15 is 0 Å². The summed E-state index contributed by atoms with van der Waals surface area (Å²) in [5, 5.41) is 36.8. The van der Waals surface area contributed by atoms with Crippen molar-refractivity contribution in [3.8, 4) is 11.5 Å². The van der Waals surface area contributed by atoms with Crippen LogP contribution in [0.1, 0.15) is 40.2 Å². The Morgan fingerprint density at radius 3 is 1.68 bits per heavy atom. The van der Waals surface area contributed by atoms with Gasteiger partial charge in [0.05, 0.1) is 11.8 Å². The average molecular weight is 458 g/mol. The Morgan fingerprint density at radius 1 is 0.871 bits per heavy atom. The Labute approximate surface area is 190 Å². The summed E-state index contributed by atoms with van der Waals surface area (Å²) in [5.74, 6) is -2.08. The second-order valence-corrected chi connectivity index (χ2v) is 7.65. The van der Waals surface area contributed by atoms with Crippen LogP contribution < -0.4 is 0 Å². The highest BCUT2D eigenvalue weighted by molar-refractivity contribution is 5.86. The van der Waals surface area contributed by atoms with E-state index in [1.807, 2.05) is 6.07 Å². The topological polar surface area (TPSA) is 118 Å². The Hall–Kier alpha value is -2.51. The number of aromatic hydroxyl groups is 2. The number of rotatable bonds is 6. The summed E-state index contributed by atoms with van der Waals surface area (Å²) in [4.78, 5) is 21.7. The summed E-state index contributed by atoms with van der Waals surface area (Å²) in [6.07, 6.45) is 0.988. The summed E-state index contributed by atoms with van der Waals surface area (Å²) in [6.45, 7) is 10.8. The molecule has 176 valence electrons. The zero-order chi connectivity index (χ0) is 23.4. The quantitative estimate of drug-likeness (QED) is 0.467. The summed E-state index contributed by atoms with van der Waals surface area (Å²) in [5.41, 5.74) is 1.24. The lowest BCUT2D eigenvalue weighted by molar-refractivity contribution is -0.141. The highest BCUT2D eigenvalue weighted by Gasteiger charge is 2.04. The Balaban J connectivity index is 0. The van der Waals surface area contributed by atoms with Crippen molar-refractivity contribution >= 4 is 35.1 Å². The van der Waals surface area contributed by atoms with Gasteiger partial charge in [0.15, 0.2) is 11.5 Å². The van der Waals surface area contributed by atoms with Crippen LogP contribution >= 0.6 is 12.4 Å². The fourth-order valence-electron chi connectivity index (χ4n) is 1.96. The Kier molecular flexibility index (Phi) is 15.2. The molecule has 0 fully saturated rings. The maximum Gasteiger partial charge on any atom is 0.305 e. The maximum atomic E-state index is 9.70. The van der Waals surface area contributed by atoms with Crippen molar-refractivity contribution in [1.82, 2.24) is 4.90 Å². The van der Waals surface area contributed by atoms with Gasteiger partial charge in [0.2, 0.25) is 0 Å². The molecule has 0 saturated heterocycles. The number of fused-ring (bicyclic) bond motifs is 1. The van der Waals surface area contributed by atoms with Crippen LogP contribution in [0.15, 0.2) is 30.3 Å². The molecular formula is C23H36ClNO6. The first kappa shape index (κ1) is 30.7. The number of hydrogen-bond acceptors (Lipinski definition) is 5. The first-order valence-electron chi connectivity index (χ1n) is 9.97. The van der Waals surface area contributed by atoms with Crippen LogP contribution in [-0.2, 0) is 16.0 Å². The van der Waals surface area contributed by atoms with Crippen molar-refractivity contribution in [2.45, 2.75) is 41.0 Å². The van der Waals surface area contributed by atoms with Gasteiger partial charge in [-0.2, -0.15) is 0 Å². The van der Waals surface area contributed by atoms with Crippen molar-refractivity contribution in [3.63, 3.8) is 0 Å². The van der Waals surface area contributed by atoms with E-state index in [2.05, 4.69) is 31.0 Å². The Bertz CT molecular complexity index is 805.